The molecule has 8 nitrogen and oxygen atoms in total. The van der Waals surface area contributed by atoms with E-state index < -0.39 is 0 Å². The molecular weight excluding hydrogens is 422 g/mol. The number of amides is 1. The van der Waals surface area contributed by atoms with Crippen LogP contribution < -0.4 is 20.3 Å². The molecule has 1 N–H and O–H groups in total. The minimum Gasteiger partial charge on any atom is -0.485 e. The summed E-state index contributed by atoms with van der Waals surface area (Å²) in [6.07, 6.45) is 0.815. The van der Waals surface area contributed by atoms with E-state index in [2.05, 4.69) is 10.3 Å². The van der Waals surface area contributed by atoms with Gasteiger partial charge in [-0.1, -0.05) is 31.2 Å². The van der Waals surface area contributed by atoms with Gasteiger partial charge in [0, 0.05) is 12.1 Å². The number of hydrogen-bond acceptors (Lipinski definition) is 6. The molecule has 2 aromatic carbocycles. The van der Waals surface area contributed by atoms with Gasteiger partial charge >= 0.3 is 0 Å². The average molecular weight is 447 g/mol. The number of rotatable bonds is 8. The number of nitrogens with one attached hydrogen (secondary N) is 1. The van der Waals surface area contributed by atoms with Gasteiger partial charge in [0.25, 0.3) is 11.5 Å². The summed E-state index contributed by atoms with van der Waals surface area (Å²) in [5.41, 5.74) is 3.06. The third-order valence-corrected chi connectivity index (χ3v) is 5.02. The van der Waals surface area contributed by atoms with Gasteiger partial charge in [-0.25, -0.2) is 4.98 Å². The average Bonchev–Trinajstić information content (AvgIpc) is 3.18. The molecule has 8 heteroatoms. The van der Waals surface area contributed by atoms with Crippen LogP contribution in [0.5, 0.6) is 11.5 Å². The Morgan fingerprint density at radius 3 is 2.70 bits per heavy atom. The van der Waals surface area contributed by atoms with Crippen molar-refractivity contribution >= 4 is 17.2 Å². The normalized spacial score (nSPS) is 10.9. The number of aromatic nitrogens is 2. The van der Waals surface area contributed by atoms with Crippen LogP contribution in [0.15, 0.2) is 63.9 Å². The number of ether oxygens (including phenoxy) is 2. The lowest BCUT2D eigenvalue weighted by molar-refractivity contribution is -0.118. The first-order valence-electron chi connectivity index (χ1n) is 10.7. The van der Waals surface area contributed by atoms with Gasteiger partial charge < -0.3 is 19.3 Å². The van der Waals surface area contributed by atoms with Gasteiger partial charge in [-0.05, 0) is 49.6 Å². The van der Waals surface area contributed by atoms with Crippen molar-refractivity contribution in [2.75, 3.05) is 11.9 Å². The van der Waals surface area contributed by atoms with Crippen LogP contribution in [0.25, 0.3) is 5.65 Å². The lowest BCUT2D eigenvalue weighted by Crippen LogP contribution is -2.21. The molecule has 0 aliphatic rings. The van der Waals surface area contributed by atoms with E-state index in [4.69, 9.17) is 14.0 Å². The zero-order chi connectivity index (χ0) is 23.4. The van der Waals surface area contributed by atoms with Crippen LogP contribution in [-0.2, 0) is 17.8 Å². The molecule has 0 aliphatic heterocycles. The second-order valence-corrected chi connectivity index (χ2v) is 7.67. The van der Waals surface area contributed by atoms with Gasteiger partial charge in [0.15, 0.2) is 12.3 Å². The van der Waals surface area contributed by atoms with E-state index in [1.165, 1.54) is 6.07 Å². The van der Waals surface area contributed by atoms with Crippen LogP contribution in [0.1, 0.15) is 29.5 Å². The predicted octanol–water partition coefficient (Wildman–Crippen LogP) is 4.06. The van der Waals surface area contributed by atoms with Crippen LogP contribution in [0, 0.1) is 13.8 Å². The fourth-order valence-electron chi connectivity index (χ4n) is 3.42. The van der Waals surface area contributed by atoms with E-state index in [-0.39, 0.29) is 24.7 Å². The Morgan fingerprint density at radius 2 is 1.88 bits per heavy atom. The van der Waals surface area contributed by atoms with Crippen molar-refractivity contribution in [1.82, 2.24) is 9.56 Å². The first-order chi connectivity index (χ1) is 15.9. The molecule has 33 heavy (non-hydrogen) atoms. The maximum absolute atomic E-state index is 12.5. The number of carbonyl (C=O) groups excluding carboxylic acids is 1. The van der Waals surface area contributed by atoms with Crippen molar-refractivity contribution in [2.24, 2.45) is 0 Å². The monoisotopic (exact) mass is 447 g/mol. The topological polar surface area (TPSA) is 95.1 Å². The van der Waals surface area contributed by atoms with E-state index in [1.807, 2.05) is 50.2 Å². The van der Waals surface area contributed by atoms with Crippen molar-refractivity contribution in [1.29, 1.82) is 0 Å². The summed E-state index contributed by atoms with van der Waals surface area (Å²) in [5.74, 6) is 1.45. The first-order valence-corrected chi connectivity index (χ1v) is 10.7. The van der Waals surface area contributed by atoms with Crippen molar-refractivity contribution < 1.29 is 18.8 Å². The minimum atomic E-state index is -0.325. The molecule has 0 spiro atoms. The molecule has 0 saturated carbocycles. The summed E-state index contributed by atoms with van der Waals surface area (Å²) in [7, 11) is 0. The molecule has 2 aromatic heterocycles. The third-order valence-electron chi connectivity index (χ3n) is 5.02. The molecule has 4 aromatic rings. The Bertz CT molecular complexity index is 1360. The van der Waals surface area contributed by atoms with E-state index >= 15 is 0 Å². The Morgan fingerprint density at radius 1 is 1.06 bits per heavy atom. The second kappa shape index (κ2) is 9.60. The van der Waals surface area contributed by atoms with Crippen molar-refractivity contribution in [3.63, 3.8) is 0 Å². The molecule has 0 fully saturated rings. The molecule has 170 valence electrons. The molecule has 0 atom stereocenters. The summed E-state index contributed by atoms with van der Waals surface area (Å²) in [5, 5.41) is 2.84. The van der Waals surface area contributed by atoms with E-state index in [1.54, 1.807) is 19.1 Å². The molecule has 2 heterocycles. The summed E-state index contributed by atoms with van der Waals surface area (Å²) in [6.45, 7) is 5.64. The molecule has 0 unspecified atom stereocenters. The highest BCUT2D eigenvalue weighted by atomic mass is 16.5. The number of carbonyl (C=O) groups is 1. The maximum atomic E-state index is 12.5. The van der Waals surface area contributed by atoms with E-state index in [9.17, 15) is 9.59 Å². The smallest absolute Gasteiger partial charge is 0.287 e. The van der Waals surface area contributed by atoms with Gasteiger partial charge in [-0.2, -0.15) is 0 Å². The summed E-state index contributed by atoms with van der Waals surface area (Å²) in [4.78, 5) is 29.2. The van der Waals surface area contributed by atoms with Gasteiger partial charge in [0.2, 0.25) is 0 Å². The molecule has 0 radical (unpaired) electrons. The number of benzene rings is 2. The Balaban J connectivity index is 1.45. The molecule has 4 rings (SSSR count). The van der Waals surface area contributed by atoms with E-state index in [0.717, 1.165) is 22.1 Å². The molecule has 0 aliphatic carbocycles. The lowest BCUT2D eigenvalue weighted by Gasteiger charge is -2.14. The van der Waals surface area contributed by atoms with Crippen LogP contribution in [0.2, 0.25) is 0 Å². The Labute approximate surface area is 190 Å². The van der Waals surface area contributed by atoms with Gasteiger partial charge in [-0.3, -0.25) is 9.59 Å². The fraction of sp³-hybridized carbons (Fsp3) is 0.240. The van der Waals surface area contributed by atoms with Gasteiger partial charge in [-0.15, -0.1) is 4.57 Å². The highest BCUT2D eigenvalue weighted by Crippen LogP contribution is 2.27. The van der Waals surface area contributed by atoms with Gasteiger partial charge in [0.1, 0.15) is 23.9 Å². The number of fused-ring (bicyclic) bond motifs is 1. The first kappa shape index (κ1) is 22.1. The maximum Gasteiger partial charge on any atom is 0.287 e. The second-order valence-electron chi connectivity index (χ2n) is 7.67. The SMILES string of the molecule is CCc1ccccc1OCC(=O)Nc1ccc(C)cc1OCc1cc(=O)n2oc(C)cc2n1. The molecule has 0 bridgehead atoms. The zero-order valence-corrected chi connectivity index (χ0v) is 18.8. The minimum absolute atomic E-state index is 0.0582. The van der Waals surface area contributed by atoms with Crippen molar-refractivity contribution in [2.45, 2.75) is 33.8 Å². The summed E-state index contributed by atoms with van der Waals surface area (Å²) >= 11 is 0. The number of hydrogen-bond donors (Lipinski definition) is 1. The summed E-state index contributed by atoms with van der Waals surface area (Å²) in [6, 6.07) is 16.1. The zero-order valence-electron chi connectivity index (χ0n) is 18.8. The lowest BCUT2D eigenvalue weighted by atomic mass is 10.1. The van der Waals surface area contributed by atoms with Crippen LogP contribution in [0.4, 0.5) is 5.69 Å². The number of aryl methyl sites for hydroxylation is 3. The third kappa shape index (κ3) is 5.23. The van der Waals surface area contributed by atoms with Crippen molar-refractivity contribution in [3.8, 4) is 11.5 Å². The fourth-order valence-corrected chi connectivity index (χ4v) is 3.42. The standard InChI is InChI=1S/C25H25N3O5/c1-4-18-7-5-6-8-21(18)32-15-24(29)27-20-10-9-16(2)11-22(20)31-14-19-13-25(30)28-23(26-19)12-17(3)33-28/h5-13H,4,14-15H2,1-3H3,(H,27,29). The molecule has 0 saturated heterocycles. The quantitative estimate of drug-likeness (QED) is 0.438. The number of anilines is 1. The Hall–Kier alpha value is -4.07. The number of nitrogens with zero attached hydrogens (tertiary/aromatic N) is 2. The van der Waals surface area contributed by atoms with Gasteiger partial charge in [0.05, 0.1) is 11.4 Å². The van der Waals surface area contributed by atoms with Crippen LogP contribution in [0.3, 0.4) is 0 Å². The van der Waals surface area contributed by atoms with E-state index in [0.29, 0.717) is 34.3 Å². The van der Waals surface area contributed by atoms with Crippen LogP contribution in [-0.4, -0.2) is 22.1 Å². The highest BCUT2D eigenvalue weighted by molar-refractivity contribution is 5.93. The molecular formula is C25H25N3O5. The van der Waals surface area contributed by atoms with Crippen LogP contribution >= 0.6 is 0 Å². The Kier molecular flexibility index (Phi) is 6.44. The highest BCUT2D eigenvalue weighted by Gasteiger charge is 2.12. The number of para-hydroxylation sites is 1. The largest absolute Gasteiger partial charge is 0.485 e. The predicted molar refractivity (Wildman–Crippen MR) is 124 cm³/mol. The van der Waals surface area contributed by atoms with Crippen molar-refractivity contribution in [3.05, 3.63) is 87.5 Å². The summed E-state index contributed by atoms with van der Waals surface area (Å²) < 4.78 is 18.1. The molecule has 1 amide bonds.